The number of pyridine rings is 1. The predicted molar refractivity (Wildman–Crippen MR) is 53.8 cm³/mol. The Bertz CT molecular complexity index is 443. The normalized spacial score (nSPS) is 19.9. The molecule has 0 bridgehead atoms. The van der Waals surface area contributed by atoms with Gasteiger partial charge in [0.2, 0.25) is 5.91 Å². The first-order chi connectivity index (χ1) is 8.06. The SMILES string of the molecule is O=C1CCC(Nc2nc(F)c(F)cc2F)CN1. The Hall–Kier alpha value is -1.79. The van der Waals surface area contributed by atoms with Crippen molar-refractivity contribution < 1.29 is 18.0 Å². The number of nitrogens with zero attached hydrogens (tertiary/aromatic N) is 1. The molecule has 0 radical (unpaired) electrons. The Labute approximate surface area is 95.2 Å². The first kappa shape index (κ1) is 11.7. The van der Waals surface area contributed by atoms with Gasteiger partial charge in [-0.3, -0.25) is 4.79 Å². The van der Waals surface area contributed by atoms with Crippen LogP contribution < -0.4 is 10.6 Å². The molecule has 4 nitrogen and oxygen atoms in total. The summed E-state index contributed by atoms with van der Waals surface area (Å²) in [5, 5.41) is 5.21. The highest BCUT2D eigenvalue weighted by Gasteiger charge is 2.20. The second-order valence-electron chi connectivity index (χ2n) is 3.78. The number of amides is 1. The molecule has 2 heterocycles. The molecule has 1 unspecified atom stereocenters. The summed E-state index contributed by atoms with van der Waals surface area (Å²) >= 11 is 0. The van der Waals surface area contributed by atoms with Crippen molar-refractivity contribution in [2.24, 2.45) is 0 Å². The zero-order valence-corrected chi connectivity index (χ0v) is 8.77. The molecular formula is C10H10F3N3O. The summed E-state index contributed by atoms with van der Waals surface area (Å²) in [7, 11) is 0. The van der Waals surface area contributed by atoms with Crippen molar-refractivity contribution >= 4 is 11.7 Å². The summed E-state index contributed by atoms with van der Waals surface area (Å²) in [4.78, 5) is 14.0. The van der Waals surface area contributed by atoms with E-state index < -0.39 is 17.6 Å². The highest BCUT2D eigenvalue weighted by molar-refractivity contribution is 5.76. The van der Waals surface area contributed by atoms with Crippen molar-refractivity contribution in [1.29, 1.82) is 0 Å². The van der Waals surface area contributed by atoms with Gasteiger partial charge in [0.1, 0.15) is 0 Å². The smallest absolute Gasteiger partial charge is 0.251 e. The lowest BCUT2D eigenvalue weighted by molar-refractivity contribution is -0.122. The molecule has 92 valence electrons. The Morgan fingerprint density at radius 1 is 1.35 bits per heavy atom. The zero-order valence-electron chi connectivity index (χ0n) is 8.77. The average molecular weight is 245 g/mol. The number of hydrogen-bond acceptors (Lipinski definition) is 3. The van der Waals surface area contributed by atoms with Gasteiger partial charge in [0.05, 0.1) is 0 Å². The average Bonchev–Trinajstić information content (AvgIpc) is 2.29. The van der Waals surface area contributed by atoms with Gasteiger partial charge < -0.3 is 10.6 Å². The minimum absolute atomic E-state index is 0.0817. The van der Waals surface area contributed by atoms with Crippen LogP contribution in [0.25, 0.3) is 0 Å². The second-order valence-corrected chi connectivity index (χ2v) is 3.78. The van der Waals surface area contributed by atoms with Gasteiger partial charge >= 0.3 is 0 Å². The van der Waals surface area contributed by atoms with Gasteiger partial charge in [0, 0.05) is 25.1 Å². The number of hydrogen-bond donors (Lipinski definition) is 2. The number of halogens is 3. The number of aromatic nitrogens is 1. The molecule has 1 saturated heterocycles. The van der Waals surface area contributed by atoms with Gasteiger partial charge in [0.15, 0.2) is 17.5 Å². The molecule has 1 fully saturated rings. The molecule has 17 heavy (non-hydrogen) atoms. The van der Waals surface area contributed by atoms with E-state index in [0.717, 1.165) is 0 Å². The fourth-order valence-electron chi connectivity index (χ4n) is 1.59. The Morgan fingerprint density at radius 2 is 2.12 bits per heavy atom. The van der Waals surface area contributed by atoms with Crippen molar-refractivity contribution in [2.45, 2.75) is 18.9 Å². The van der Waals surface area contributed by atoms with Gasteiger partial charge in [-0.1, -0.05) is 0 Å². The van der Waals surface area contributed by atoms with E-state index in [-0.39, 0.29) is 17.8 Å². The van der Waals surface area contributed by atoms with Crippen molar-refractivity contribution in [2.75, 3.05) is 11.9 Å². The fourth-order valence-corrected chi connectivity index (χ4v) is 1.59. The highest BCUT2D eigenvalue weighted by atomic mass is 19.2. The van der Waals surface area contributed by atoms with Gasteiger partial charge in [0.25, 0.3) is 5.95 Å². The number of anilines is 1. The van der Waals surface area contributed by atoms with Crippen LogP contribution in [0.2, 0.25) is 0 Å². The van der Waals surface area contributed by atoms with Gasteiger partial charge in [-0.25, -0.2) is 8.78 Å². The summed E-state index contributed by atoms with van der Waals surface area (Å²) in [5.41, 5.74) is 0. The summed E-state index contributed by atoms with van der Waals surface area (Å²) in [6, 6.07) is 0.200. The molecule has 0 aliphatic carbocycles. The first-order valence-corrected chi connectivity index (χ1v) is 5.11. The van der Waals surface area contributed by atoms with Crippen LogP contribution in [0.3, 0.4) is 0 Å². The number of carbonyl (C=O) groups is 1. The molecule has 0 spiro atoms. The third-order valence-corrected chi connectivity index (χ3v) is 2.49. The van der Waals surface area contributed by atoms with E-state index in [0.29, 0.717) is 25.5 Å². The van der Waals surface area contributed by atoms with Crippen LogP contribution in [0.1, 0.15) is 12.8 Å². The maximum absolute atomic E-state index is 13.2. The predicted octanol–water partition coefficient (Wildman–Crippen LogP) is 1.19. The summed E-state index contributed by atoms with van der Waals surface area (Å²) < 4.78 is 38.7. The van der Waals surface area contributed by atoms with E-state index in [9.17, 15) is 18.0 Å². The van der Waals surface area contributed by atoms with Crippen molar-refractivity contribution in [3.8, 4) is 0 Å². The molecule has 2 rings (SSSR count). The molecule has 1 atom stereocenters. The molecular weight excluding hydrogens is 235 g/mol. The van der Waals surface area contributed by atoms with Gasteiger partial charge in [-0.15, -0.1) is 0 Å². The van der Waals surface area contributed by atoms with Crippen LogP contribution in [-0.4, -0.2) is 23.5 Å². The van der Waals surface area contributed by atoms with Crippen LogP contribution in [0.4, 0.5) is 19.0 Å². The van der Waals surface area contributed by atoms with Crippen LogP contribution in [-0.2, 0) is 4.79 Å². The number of piperidine rings is 1. The number of nitrogens with one attached hydrogen (secondary N) is 2. The van der Waals surface area contributed by atoms with Crippen LogP contribution in [0.5, 0.6) is 0 Å². The molecule has 2 N–H and O–H groups in total. The van der Waals surface area contributed by atoms with Crippen molar-refractivity contribution in [1.82, 2.24) is 10.3 Å². The quantitative estimate of drug-likeness (QED) is 0.769. The number of carbonyl (C=O) groups excluding carboxylic acids is 1. The van der Waals surface area contributed by atoms with Crippen molar-refractivity contribution in [3.05, 3.63) is 23.6 Å². The van der Waals surface area contributed by atoms with E-state index in [1.54, 1.807) is 0 Å². The lowest BCUT2D eigenvalue weighted by Crippen LogP contribution is -2.42. The van der Waals surface area contributed by atoms with Crippen LogP contribution in [0.15, 0.2) is 6.07 Å². The second kappa shape index (κ2) is 4.60. The lowest BCUT2D eigenvalue weighted by Gasteiger charge is -2.24. The molecule has 1 aromatic rings. The maximum atomic E-state index is 13.2. The maximum Gasteiger partial charge on any atom is 0.251 e. The highest BCUT2D eigenvalue weighted by Crippen LogP contribution is 2.17. The largest absolute Gasteiger partial charge is 0.363 e. The van der Waals surface area contributed by atoms with Gasteiger partial charge in [-0.2, -0.15) is 9.37 Å². The van der Waals surface area contributed by atoms with E-state index in [1.807, 2.05) is 0 Å². The molecule has 1 aliphatic heterocycles. The summed E-state index contributed by atoms with van der Waals surface area (Å²) in [6.07, 6.45) is 0.801. The van der Waals surface area contributed by atoms with E-state index in [2.05, 4.69) is 15.6 Å². The summed E-state index contributed by atoms with van der Waals surface area (Å²) in [5.74, 6) is -4.06. The van der Waals surface area contributed by atoms with E-state index >= 15 is 0 Å². The molecule has 7 heteroatoms. The molecule has 1 amide bonds. The summed E-state index contributed by atoms with van der Waals surface area (Å²) in [6.45, 7) is 0.305. The standard InChI is InChI=1S/C10H10F3N3O/c11-6-3-7(12)10(16-9(6)13)15-5-1-2-8(17)14-4-5/h3,5H,1-2,4H2,(H,14,17)(H,15,16). The third kappa shape index (κ3) is 2.66. The molecule has 0 saturated carbocycles. The molecule has 1 aliphatic rings. The van der Waals surface area contributed by atoms with E-state index in [4.69, 9.17) is 0 Å². The Balaban J connectivity index is 2.08. The van der Waals surface area contributed by atoms with Crippen LogP contribution in [0, 0.1) is 17.6 Å². The fraction of sp³-hybridized carbons (Fsp3) is 0.400. The van der Waals surface area contributed by atoms with E-state index in [1.165, 1.54) is 0 Å². The molecule has 0 aromatic carbocycles. The van der Waals surface area contributed by atoms with Crippen LogP contribution >= 0.6 is 0 Å². The minimum atomic E-state index is -1.35. The third-order valence-electron chi connectivity index (χ3n) is 2.49. The topological polar surface area (TPSA) is 54.0 Å². The molecule has 1 aromatic heterocycles. The minimum Gasteiger partial charge on any atom is -0.363 e. The van der Waals surface area contributed by atoms with Crippen molar-refractivity contribution in [3.63, 3.8) is 0 Å². The monoisotopic (exact) mass is 245 g/mol. The zero-order chi connectivity index (χ0) is 12.4. The number of rotatable bonds is 2. The first-order valence-electron chi connectivity index (χ1n) is 5.11. The van der Waals surface area contributed by atoms with Gasteiger partial charge in [-0.05, 0) is 6.42 Å². The Kier molecular flexibility index (Phi) is 3.16. The lowest BCUT2D eigenvalue weighted by atomic mass is 10.1. The Morgan fingerprint density at radius 3 is 2.76 bits per heavy atom.